The highest BCUT2D eigenvalue weighted by Gasteiger charge is 2.10. The zero-order valence-electron chi connectivity index (χ0n) is 16.0. The molecule has 0 saturated heterocycles. The summed E-state index contributed by atoms with van der Waals surface area (Å²) in [5, 5.41) is 2.01. The Kier molecular flexibility index (Phi) is 5.96. The minimum atomic E-state index is -0.268. The molecule has 4 rings (SSSR count). The summed E-state index contributed by atoms with van der Waals surface area (Å²) in [6, 6.07) is 24.4. The Balaban J connectivity index is 1.56. The number of hydrogen-bond donors (Lipinski definition) is 0. The number of ether oxygens (including phenoxy) is 2. The van der Waals surface area contributed by atoms with Gasteiger partial charge in [-0.2, -0.15) is 0 Å². The van der Waals surface area contributed by atoms with Crippen LogP contribution < -0.4 is 9.47 Å². The van der Waals surface area contributed by atoms with E-state index in [2.05, 4.69) is 24.3 Å². The largest absolute Gasteiger partial charge is 0.497 e. The maximum atomic E-state index is 13.0. The standard InChI is InChI=1S/C24H20FNO2S/c1-27-20-11-12-21-22(17-5-3-2-4-6-17)16-24(26-23(21)15-20)29-14-13-28-19-9-7-18(25)8-10-19/h2-12,15-16H,13-14H2,1H3. The SMILES string of the molecule is COc1ccc2c(-c3ccccc3)cc(SCCOc3ccc(F)cc3)nc2c1. The van der Waals surface area contributed by atoms with Crippen LogP contribution in [0.2, 0.25) is 0 Å². The monoisotopic (exact) mass is 405 g/mol. The molecule has 0 aliphatic heterocycles. The van der Waals surface area contributed by atoms with Crippen LogP contribution in [0.4, 0.5) is 4.39 Å². The average Bonchev–Trinajstić information content (AvgIpc) is 2.77. The van der Waals surface area contributed by atoms with Gasteiger partial charge in [0.25, 0.3) is 0 Å². The van der Waals surface area contributed by atoms with Crippen molar-refractivity contribution in [3.63, 3.8) is 0 Å². The fraction of sp³-hybridized carbons (Fsp3) is 0.125. The van der Waals surface area contributed by atoms with Gasteiger partial charge in [-0.25, -0.2) is 9.37 Å². The Morgan fingerprint density at radius 2 is 1.66 bits per heavy atom. The third kappa shape index (κ3) is 4.69. The van der Waals surface area contributed by atoms with Crippen molar-refractivity contribution in [3.05, 3.63) is 84.7 Å². The number of aromatic nitrogens is 1. The molecule has 4 aromatic rings. The van der Waals surface area contributed by atoms with Crippen molar-refractivity contribution in [3.8, 4) is 22.6 Å². The van der Waals surface area contributed by atoms with E-state index in [1.165, 1.54) is 12.1 Å². The predicted octanol–water partition coefficient (Wildman–Crippen LogP) is 6.22. The highest BCUT2D eigenvalue weighted by molar-refractivity contribution is 7.99. The number of hydrogen-bond acceptors (Lipinski definition) is 4. The Morgan fingerprint density at radius 3 is 2.41 bits per heavy atom. The number of halogens is 1. The second kappa shape index (κ2) is 8.97. The minimum absolute atomic E-state index is 0.268. The van der Waals surface area contributed by atoms with Crippen molar-refractivity contribution in [1.82, 2.24) is 4.98 Å². The van der Waals surface area contributed by atoms with Gasteiger partial charge in [-0.15, -0.1) is 11.8 Å². The second-order valence-electron chi connectivity index (χ2n) is 6.41. The van der Waals surface area contributed by atoms with Crippen LogP contribution in [0.1, 0.15) is 0 Å². The van der Waals surface area contributed by atoms with Crippen LogP contribution in [0.5, 0.6) is 11.5 Å². The van der Waals surface area contributed by atoms with Gasteiger partial charge in [-0.05, 0) is 53.6 Å². The molecule has 146 valence electrons. The van der Waals surface area contributed by atoms with Gasteiger partial charge < -0.3 is 9.47 Å². The molecule has 5 heteroatoms. The van der Waals surface area contributed by atoms with Crippen molar-refractivity contribution in [2.24, 2.45) is 0 Å². The molecule has 0 fully saturated rings. The molecule has 1 heterocycles. The lowest BCUT2D eigenvalue weighted by atomic mass is 10.0. The van der Waals surface area contributed by atoms with Gasteiger partial charge in [0.15, 0.2) is 0 Å². The van der Waals surface area contributed by atoms with Crippen molar-refractivity contribution in [2.75, 3.05) is 19.5 Å². The molecular weight excluding hydrogens is 385 g/mol. The summed E-state index contributed by atoms with van der Waals surface area (Å²) in [4.78, 5) is 4.80. The molecule has 0 amide bonds. The maximum Gasteiger partial charge on any atom is 0.123 e. The van der Waals surface area contributed by atoms with Crippen LogP contribution in [0.3, 0.4) is 0 Å². The van der Waals surface area contributed by atoms with E-state index in [1.54, 1.807) is 31.0 Å². The molecule has 0 saturated carbocycles. The first-order valence-corrected chi connectivity index (χ1v) is 10.3. The number of fused-ring (bicyclic) bond motifs is 1. The van der Waals surface area contributed by atoms with Gasteiger partial charge in [-0.3, -0.25) is 0 Å². The molecule has 0 bridgehead atoms. The Morgan fingerprint density at radius 1 is 0.897 bits per heavy atom. The maximum absolute atomic E-state index is 13.0. The molecule has 0 N–H and O–H groups in total. The van der Waals surface area contributed by atoms with Crippen molar-refractivity contribution in [1.29, 1.82) is 0 Å². The first-order chi connectivity index (χ1) is 14.2. The average molecular weight is 405 g/mol. The van der Waals surface area contributed by atoms with E-state index in [9.17, 15) is 4.39 Å². The quantitative estimate of drug-likeness (QED) is 0.270. The summed E-state index contributed by atoms with van der Waals surface area (Å²) >= 11 is 1.63. The van der Waals surface area contributed by atoms with Crippen LogP contribution in [0.25, 0.3) is 22.0 Å². The van der Waals surface area contributed by atoms with Crippen LogP contribution >= 0.6 is 11.8 Å². The highest BCUT2D eigenvalue weighted by Crippen LogP contribution is 2.33. The van der Waals surface area contributed by atoms with E-state index in [1.807, 2.05) is 30.3 Å². The van der Waals surface area contributed by atoms with Gasteiger partial charge in [-0.1, -0.05) is 30.3 Å². The number of benzene rings is 3. The fourth-order valence-electron chi connectivity index (χ4n) is 3.08. The van der Waals surface area contributed by atoms with Crippen molar-refractivity contribution >= 4 is 22.7 Å². The van der Waals surface area contributed by atoms with Crippen LogP contribution in [0.15, 0.2) is 83.9 Å². The van der Waals surface area contributed by atoms with Crippen molar-refractivity contribution in [2.45, 2.75) is 5.03 Å². The first-order valence-electron chi connectivity index (χ1n) is 9.28. The van der Waals surface area contributed by atoms with Gasteiger partial charge in [0.1, 0.15) is 17.3 Å². The zero-order valence-corrected chi connectivity index (χ0v) is 16.8. The summed E-state index contributed by atoms with van der Waals surface area (Å²) in [6.07, 6.45) is 0. The van der Waals surface area contributed by atoms with Crippen LogP contribution in [-0.2, 0) is 0 Å². The minimum Gasteiger partial charge on any atom is -0.497 e. The summed E-state index contributed by atoms with van der Waals surface area (Å²) in [5.74, 6) is 1.91. The molecule has 0 radical (unpaired) electrons. The number of nitrogens with zero attached hydrogens (tertiary/aromatic N) is 1. The molecular formula is C24H20FNO2S. The third-order valence-electron chi connectivity index (χ3n) is 4.49. The summed E-state index contributed by atoms with van der Waals surface area (Å²) in [6.45, 7) is 0.509. The van der Waals surface area contributed by atoms with E-state index in [4.69, 9.17) is 14.5 Å². The van der Waals surface area contributed by atoms with E-state index in [-0.39, 0.29) is 5.82 Å². The lowest BCUT2D eigenvalue weighted by molar-refractivity contribution is 0.343. The summed E-state index contributed by atoms with van der Waals surface area (Å²) in [7, 11) is 1.66. The highest BCUT2D eigenvalue weighted by atomic mass is 32.2. The molecule has 3 aromatic carbocycles. The summed E-state index contributed by atoms with van der Waals surface area (Å²) in [5.41, 5.74) is 3.18. The van der Waals surface area contributed by atoms with Crippen LogP contribution in [0, 0.1) is 5.82 Å². The smallest absolute Gasteiger partial charge is 0.123 e. The molecule has 0 unspecified atom stereocenters. The Hall–Kier alpha value is -3.05. The molecule has 29 heavy (non-hydrogen) atoms. The molecule has 0 atom stereocenters. The predicted molar refractivity (Wildman–Crippen MR) is 116 cm³/mol. The topological polar surface area (TPSA) is 31.4 Å². The van der Waals surface area contributed by atoms with Gasteiger partial charge in [0.05, 0.1) is 24.3 Å². The molecule has 3 nitrogen and oxygen atoms in total. The van der Waals surface area contributed by atoms with E-state index in [0.717, 1.165) is 38.6 Å². The number of rotatable bonds is 7. The number of pyridine rings is 1. The normalized spacial score (nSPS) is 10.8. The fourth-order valence-corrected chi connectivity index (χ4v) is 3.82. The van der Waals surface area contributed by atoms with E-state index < -0.39 is 0 Å². The first kappa shape index (κ1) is 19.3. The van der Waals surface area contributed by atoms with Crippen molar-refractivity contribution < 1.29 is 13.9 Å². The lowest BCUT2D eigenvalue weighted by Gasteiger charge is -2.11. The summed E-state index contributed by atoms with van der Waals surface area (Å²) < 4.78 is 24.0. The zero-order chi connectivity index (χ0) is 20.1. The number of thioether (sulfide) groups is 1. The van der Waals surface area contributed by atoms with Crippen LogP contribution in [-0.4, -0.2) is 24.5 Å². The number of methoxy groups -OCH3 is 1. The molecule has 0 spiro atoms. The Bertz CT molecular complexity index is 1100. The Labute approximate surface area is 173 Å². The third-order valence-corrected chi connectivity index (χ3v) is 5.37. The van der Waals surface area contributed by atoms with E-state index >= 15 is 0 Å². The molecule has 1 aromatic heterocycles. The molecule has 0 aliphatic rings. The van der Waals surface area contributed by atoms with Gasteiger partial charge >= 0.3 is 0 Å². The molecule has 0 aliphatic carbocycles. The van der Waals surface area contributed by atoms with E-state index in [0.29, 0.717) is 12.4 Å². The van der Waals surface area contributed by atoms with Gasteiger partial charge in [0.2, 0.25) is 0 Å². The lowest BCUT2D eigenvalue weighted by Crippen LogP contribution is -2.00. The van der Waals surface area contributed by atoms with Gasteiger partial charge in [0, 0.05) is 17.2 Å². The second-order valence-corrected chi connectivity index (χ2v) is 7.52.